The lowest BCUT2D eigenvalue weighted by atomic mass is 10.0. The van der Waals surface area contributed by atoms with Crippen LogP contribution < -0.4 is 10.6 Å². The van der Waals surface area contributed by atoms with E-state index < -0.39 is 0 Å². The van der Waals surface area contributed by atoms with E-state index in [1.807, 2.05) is 0 Å². The SMILES string of the molecule is CCC(N)Cc1ccc(N2C(C)CCC2CC)cc1Cl. The molecule has 112 valence electrons. The van der Waals surface area contributed by atoms with E-state index >= 15 is 0 Å². The molecule has 0 saturated carbocycles. The molecule has 1 fully saturated rings. The lowest BCUT2D eigenvalue weighted by Crippen LogP contribution is -2.34. The van der Waals surface area contributed by atoms with Crippen LogP contribution in [0.5, 0.6) is 0 Å². The Morgan fingerprint density at radius 1 is 1.35 bits per heavy atom. The van der Waals surface area contributed by atoms with Crippen LogP contribution in [0.25, 0.3) is 0 Å². The number of anilines is 1. The van der Waals surface area contributed by atoms with Gasteiger partial charge < -0.3 is 10.6 Å². The van der Waals surface area contributed by atoms with Crippen molar-refractivity contribution in [2.24, 2.45) is 5.73 Å². The summed E-state index contributed by atoms with van der Waals surface area (Å²) in [6.45, 7) is 6.70. The molecule has 2 nitrogen and oxygen atoms in total. The zero-order valence-electron chi connectivity index (χ0n) is 12.9. The Labute approximate surface area is 128 Å². The molecule has 1 aromatic carbocycles. The molecule has 3 unspecified atom stereocenters. The molecule has 3 heteroatoms. The molecule has 1 saturated heterocycles. The fourth-order valence-corrected chi connectivity index (χ4v) is 3.48. The molecule has 1 heterocycles. The van der Waals surface area contributed by atoms with E-state index in [0.717, 1.165) is 17.9 Å². The molecule has 3 atom stereocenters. The molecule has 2 N–H and O–H groups in total. The summed E-state index contributed by atoms with van der Waals surface area (Å²) in [6, 6.07) is 7.97. The first-order valence-corrected chi connectivity index (χ1v) is 8.26. The third kappa shape index (κ3) is 3.29. The van der Waals surface area contributed by atoms with Crippen LogP contribution in [0, 0.1) is 0 Å². The van der Waals surface area contributed by atoms with Crippen LogP contribution in [0.3, 0.4) is 0 Å². The summed E-state index contributed by atoms with van der Waals surface area (Å²) in [5.74, 6) is 0. The number of hydrogen-bond acceptors (Lipinski definition) is 2. The van der Waals surface area contributed by atoms with Crippen molar-refractivity contribution in [2.75, 3.05) is 4.90 Å². The van der Waals surface area contributed by atoms with Crippen molar-refractivity contribution >= 4 is 17.3 Å². The number of halogens is 1. The Hall–Kier alpha value is -0.730. The van der Waals surface area contributed by atoms with Crippen LogP contribution in [0.2, 0.25) is 5.02 Å². The standard InChI is InChI=1S/C17H27ClN2/c1-4-14(19)10-13-7-9-16(11-17(13)18)20-12(3)6-8-15(20)5-2/h7,9,11-12,14-15H,4-6,8,10,19H2,1-3H3. The minimum atomic E-state index is 0.201. The molecule has 0 aromatic heterocycles. The van der Waals surface area contributed by atoms with E-state index in [9.17, 15) is 0 Å². The predicted molar refractivity (Wildman–Crippen MR) is 88.7 cm³/mol. The van der Waals surface area contributed by atoms with Crippen LogP contribution in [0.1, 0.15) is 52.0 Å². The van der Waals surface area contributed by atoms with E-state index in [0.29, 0.717) is 12.1 Å². The maximum Gasteiger partial charge on any atom is 0.0459 e. The van der Waals surface area contributed by atoms with Gasteiger partial charge in [-0.05, 0) is 56.7 Å². The summed E-state index contributed by atoms with van der Waals surface area (Å²) in [6.07, 6.45) is 5.61. The molecule has 1 aliphatic heterocycles. The zero-order valence-corrected chi connectivity index (χ0v) is 13.7. The smallest absolute Gasteiger partial charge is 0.0459 e. The lowest BCUT2D eigenvalue weighted by Gasteiger charge is -2.30. The Kier molecular flexibility index (Phi) is 5.34. The highest BCUT2D eigenvalue weighted by Crippen LogP contribution is 2.34. The van der Waals surface area contributed by atoms with Crippen molar-refractivity contribution in [3.63, 3.8) is 0 Å². The van der Waals surface area contributed by atoms with Gasteiger partial charge in [-0.1, -0.05) is 31.5 Å². The molecule has 1 aliphatic rings. The second kappa shape index (κ2) is 6.82. The minimum Gasteiger partial charge on any atom is -0.366 e. The highest BCUT2D eigenvalue weighted by molar-refractivity contribution is 6.31. The molecule has 20 heavy (non-hydrogen) atoms. The topological polar surface area (TPSA) is 29.3 Å². The maximum atomic E-state index is 6.47. The first kappa shape index (κ1) is 15.7. The third-order valence-corrected chi connectivity index (χ3v) is 4.95. The normalized spacial score (nSPS) is 24.1. The number of hydrogen-bond donors (Lipinski definition) is 1. The summed E-state index contributed by atoms with van der Waals surface area (Å²) < 4.78 is 0. The van der Waals surface area contributed by atoms with Gasteiger partial charge in [-0.2, -0.15) is 0 Å². The van der Waals surface area contributed by atoms with Gasteiger partial charge in [-0.3, -0.25) is 0 Å². The first-order chi connectivity index (χ1) is 9.56. The van der Waals surface area contributed by atoms with Crippen molar-refractivity contribution < 1.29 is 0 Å². The van der Waals surface area contributed by atoms with Crippen LogP contribution in [-0.4, -0.2) is 18.1 Å². The Bertz CT molecular complexity index is 447. The summed E-state index contributed by atoms with van der Waals surface area (Å²) in [4.78, 5) is 2.54. The molecular weight excluding hydrogens is 268 g/mol. The molecular formula is C17H27ClN2. The highest BCUT2D eigenvalue weighted by Gasteiger charge is 2.29. The number of nitrogens with zero attached hydrogens (tertiary/aromatic N) is 1. The number of benzene rings is 1. The number of rotatable bonds is 5. The largest absolute Gasteiger partial charge is 0.366 e. The van der Waals surface area contributed by atoms with Gasteiger partial charge in [0.05, 0.1) is 0 Å². The molecule has 0 spiro atoms. The summed E-state index contributed by atoms with van der Waals surface area (Å²) in [5, 5.41) is 0.861. The van der Waals surface area contributed by atoms with E-state index in [1.165, 1.54) is 30.5 Å². The van der Waals surface area contributed by atoms with E-state index in [4.69, 9.17) is 17.3 Å². The Morgan fingerprint density at radius 2 is 2.10 bits per heavy atom. The van der Waals surface area contributed by atoms with Crippen molar-refractivity contribution in [3.8, 4) is 0 Å². The maximum absolute atomic E-state index is 6.47. The first-order valence-electron chi connectivity index (χ1n) is 7.89. The van der Waals surface area contributed by atoms with Gasteiger partial charge >= 0.3 is 0 Å². The van der Waals surface area contributed by atoms with Crippen LogP contribution in [-0.2, 0) is 6.42 Å². The van der Waals surface area contributed by atoms with Crippen molar-refractivity contribution in [1.82, 2.24) is 0 Å². The highest BCUT2D eigenvalue weighted by atomic mass is 35.5. The summed E-state index contributed by atoms with van der Waals surface area (Å²) in [5.41, 5.74) is 8.47. The van der Waals surface area contributed by atoms with Crippen LogP contribution >= 0.6 is 11.6 Å². The minimum absolute atomic E-state index is 0.201. The quantitative estimate of drug-likeness (QED) is 0.873. The van der Waals surface area contributed by atoms with Gasteiger partial charge in [0.25, 0.3) is 0 Å². The second-order valence-corrected chi connectivity index (χ2v) is 6.45. The second-order valence-electron chi connectivity index (χ2n) is 6.04. The fraction of sp³-hybridized carbons (Fsp3) is 0.647. The number of nitrogens with two attached hydrogens (primary N) is 1. The molecule has 0 aliphatic carbocycles. The summed E-state index contributed by atoms with van der Waals surface area (Å²) >= 11 is 6.47. The molecule has 1 aromatic rings. The Morgan fingerprint density at radius 3 is 2.70 bits per heavy atom. The van der Waals surface area contributed by atoms with E-state index in [-0.39, 0.29) is 6.04 Å². The monoisotopic (exact) mass is 294 g/mol. The molecule has 2 rings (SSSR count). The fourth-order valence-electron chi connectivity index (χ4n) is 3.23. The summed E-state index contributed by atoms with van der Waals surface area (Å²) in [7, 11) is 0. The van der Waals surface area contributed by atoms with Gasteiger partial charge in [-0.15, -0.1) is 0 Å². The molecule has 0 amide bonds. The van der Waals surface area contributed by atoms with Gasteiger partial charge in [0, 0.05) is 28.8 Å². The zero-order chi connectivity index (χ0) is 14.7. The van der Waals surface area contributed by atoms with Gasteiger partial charge in [0.2, 0.25) is 0 Å². The predicted octanol–water partition coefficient (Wildman–Crippen LogP) is 4.39. The van der Waals surface area contributed by atoms with Gasteiger partial charge in [-0.25, -0.2) is 0 Å². The van der Waals surface area contributed by atoms with Gasteiger partial charge in [0.1, 0.15) is 0 Å². The molecule has 0 bridgehead atoms. The Balaban J connectivity index is 2.20. The molecule has 0 radical (unpaired) electrons. The van der Waals surface area contributed by atoms with Crippen molar-refractivity contribution in [2.45, 2.75) is 71.0 Å². The third-order valence-electron chi connectivity index (χ3n) is 4.60. The van der Waals surface area contributed by atoms with Crippen LogP contribution in [0.15, 0.2) is 18.2 Å². The lowest BCUT2D eigenvalue weighted by molar-refractivity contribution is 0.627. The van der Waals surface area contributed by atoms with E-state index in [2.05, 4.69) is 43.9 Å². The average Bonchev–Trinajstić information content (AvgIpc) is 2.82. The average molecular weight is 295 g/mol. The van der Waals surface area contributed by atoms with Gasteiger partial charge in [0.15, 0.2) is 0 Å². The van der Waals surface area contributed by atoms with Crippen molar-refractivity contribution in [1.29, 1.82) is 0 Å². The van der Waals surface area contributed by atoms with E-state index in [1.54, 1.807) is 0 Å². The van der Waals surface area contributed by atoms with Crippen molar-refractivity contribution in [3.05, 3.63) is 28.8 Å². The van der Waals surface area contributed by atoms with Crippen LogP contribution in [0.4, 0.5) is 5.69 Å².